The number of aryl methyl sites for hydroxylation is 1. The Kier molecular flexibility index (Phi) is 6.28. The molecule has 3 heteroatoms. The van der Waals surface area contributed by atoms with Gasteiger partial charge in [0.2, 0.25) is 0 Å². The molecule has 9 aromatic rings. The van der Waals surface area contributed by atoms with Crippen molar-refractivity contribution in [1.29, 1.82) is 0 Å². The second kappa shape index (κ2) is 10.9. The zero-order valence-corrected chi connectivity index (χ0v) is 31.2. The Hall–Kier alpha value is -6.32. The van der Waals surface area contributed by atoms with Crippen molar-refractivity contribution in [2.45, 2.75) is 45.4 Å². The summed E-state index contributed by atoms with van der Waals surface area (Å²) in [5.41, 5.74) is 19.2. The van der Waals surface area contributed by atoms with Crippen LogP contribution in [0.25, 0.3) is 82.8 Å². The lowest BCUT2D eigenvalue weighted by molar-refractivity contribution is 0.602. The molecule has 2 aliphatic carbocycles. The van der Waals surface area contributed by atoms with Gasteiger partial charge in [-0.25, -0.2) is 4.68 Å². The molecule has 3 nitrogen and oxygen atoms in total. The molecular formula is C51H39N3. The van der Waals surface area contributed by atoms with Crippen molar-refractivity contribution in [3.8, 4) is 50.2 Å². The van der Waals surface area contributed by atoms with Gasteiger partial charge in [0.15, 0.2) is 0 Å². The molecule has 0 fully saturated rings. The van der Waals surface area contributed by atoms with Gasteiger partial charge in [-0.2, -0.15) is 0 Å². The van der Waals surface area contributed by atoms with E-state index < -0.39 is 0 Å². The summed E-state index contributed by atoms with van der Waals surface area (Å²) in [5, 5.41) is 15.1. The van der Waals surface area contributed by atoms with Crippen LogP contribution in [0.4, 0.5) is 0 Å². The number of benzene rings is 8. The zero-order chi connectivity index (χ0) is 36.5. The van der Waals surface area contributed by atoms with E-state index in [1.165, 1.54) is 93.9 Å². The van der Waals surface area contributed by atoms with Crippen LogP contribution in [-0.2, 0) is 10.8 Å². The molecule has 0 spiro atoms. The fourth-order valence-electron chi connectivity index (χ4n) is 9.92. The van der Waals surface area contributed by atoms with Crippen molar-refractivity contribution in [2.75, 3.05) is 0 Å². The lowest BCUT2D eigenvalue weighted by Crippen LogP contribution is -2.24. The highest BCUT2D eigenvalue weighted by atomic mass is 15.4. The van der Waals surface area contributed by atoms with Crippen LogP contribution in [0.2, 0.25) is 0 Å². The minimum Gasteiger partial charge on any atom is -0.212 e. The topological polar surface area (TPSA) is 30.7 Å². The number of rotatable bonds is 3. The molecule has 0 N–H and O–H groups in total. The highest BCUT2D eigenvalue weighted by molar-refractivity contribution is 6.11. The van der Waals surface area contributed by atoms with Crippen LogP contribution in [0.3, 0.4) is 0 Å². The molecule has 8 aromatic carbocycles. The van der Waals surface area contributed by atoms with Gasteiger partial charge in [0, 0.05) is 22.0 Å². The minimum absolute atomic E-state index is 0.283. The molecule has 258 valence electrons. The van der Waals surface area contributed by atoms with Gasteiger partial charge in [-0.15, -0.1) is 5.10 Å². The smallest absolute Gasteiger partial charge is 0.122 e. The monoisotopic (exact) mass is 693 g/mol. The van der Waals surface area contributed by atoms with Crippen LogP contribution >= 0.6 is 0 Å². The molecule has 54 heavy (non-hydrogen) atoms. The van der Waals surface area contributed by atoms with Crippen molar-refractivity contribution < 1.29 is 0 Å². The maximum Gasteiger partial charge on any atom is 0.122 e. The summed E-state index contributed by atoms with van der Waals surface area (Å²) < 4.78 is 2.09. The summed E-state index contributed by atoms with van der Waals surface area (Å²) in [6.07, 6.45) is 0. The van der Waals surface area contributed by atoms with Gasteiger partial charge in [0.25, 0.3) is 0 Å². The first-order valence-electron chi connectivity index (χ1n) is 19.0. The average molecular weight is 694 g/mol. The van der Waals surface area contributed by atoms with Gasteiger partial charge < -0.3 is 0 Å². The number of aromatic nitrogens is 3. The van der Waals surface area contributed by atoms with E-state index in [0.717, 1.165) is 16.7 Å². The third-order valence-electron chi connectivity index (χ3n) is 12.5. The highest BCUT2D eigenvalue weighted by Crippen LogP contribution is 2.62. The standard InChI is InChI=1S/C51H39N3/c1-30-20-24-35(25-21-30)54-49-45-41-27-23-34(39-19-11-15-32-13-7-9-17-37(32)39)29-43(41)51(4,5)47(45)46-44(48(49)52-53-54)40-26-22-33(28-42(40)50(46,2)3)38-18-10-14-31-12-6-8-16-36(31)38/h6-29H,1-5H3. The Morgan fingerprint density at radius 3 is 1.56 bits per heavy atom. The Labute approximate surface area is 315 Å². The summed E-state index contributed by atoms with van der Waals surface area (Å²) in [5.74, 6) is 0. The van der Waals surface area contributed by atoms with Crippen molar-refractivity contribution in [3.63, 3.8) is 0 Å². The molecule has 0 aliphatic heterocycles. The van der Waals surface area contributed by atoms with Gasteiger partial charge in [0.05, 0.1) is 5.69 Å². The Morgan fingerprint density at radius 2 is 0.981 bits per heavy atom. The van der Waals surface area contributed by atoms with Gasteiger partial charge in [-0.1, -0.05) is 160 Å². The molecule has 0 unspecified atom stereocenters. The number of hydrogen-bond acceptors (Lipinski definition) is 2. The Balaban J connectivity index is 1.20. The van der Waals surface area contributed by atoms with Crippen LogP contribution in [0.15, 0.2) is 146 Å². The fourth-order valence-corrected chi connectivity index (χ4v) is 9.92. The van der Waals surface area contributed by atoms with E-state index in [1.54, 1.807) is 0 Å². The minimum atomic E-state index is -0.288. The van der Waals surface area contributed by atoms with E-state index in [1.807, 2.05) is 0 Å². The van der Waals surface area contributed by atoms with Crippen LogP contribution in [0, 0.1) is 6.92 Å². The van der Waals surface area contributed by atoms with Gasteiger partial charge in [0.1, 0.15) is 11.0 Å². The molecule has 0 amide bonds. The zero-order valence-electron chi connectivity index (χ0n) is 31.2. The predicted octanol–water partition coefficient (Wildman–Crippen LogP) is 13.0. The first-order valence-corrected chi connectivity index (χ1v) is 19.0. The van der Waals surface area contributed by atoms with Gasteiger partial charge >= 0.3 is 0 Å². The molecule has 0 saturated heterocycles. The lowest BCUT2D eigenvalue weighted by atomic mass is 9.72. The SMILES string of the molecule is Cc1ccc(-n2nnc3c4c(c5c(c32)-c2ccc(-c3cccc6ccccc36)cc2C5(C)C)C(C)(C)c2cc(-c3cccc5ccccc35)ccc2-4)cc1. The van der Waals surface area contributed by atoms with Gasteiger partial charge in [-0.3, -0.25) is 0 Å². The van der Waals surface area contributed by atoms with Crippen LogP contribution in [0.1, 0.15) is 55.5 Å². The van der Waals surface area contributed by atoms with Crippen molar-refractivity contribution in [3.05, 3.63) is 173 Å². The summed E-state index contributed by atoms with van der Waals surface area (Å²) >= 11 is 0. The van der Waals surface area contributed by atoms with E-state index in [0.29, 0.717) is 0 Å². The maximum atomic E-state index is 5.09. The molecule has 1 heterocycles. The average Bonchev–Trinajstić information content (AvgIpc) is 3.80. The van der Waals surface area contributed by atoms with Crippen LogP contribution in [-0.4, -0.2) is 15.0 Å². The molecule has 11 rings (SSSR count). The lowest BCUT2D eigenvalue weighted by Gasteiger charge is -2.31. The molecule has 0 atom stereocenters. The van der Waals surface area contributed by atoms with Crippen molar-refractivity contribution in [2.24, 2.45) is 0 Å². The molecule has 0 saturated carbocycles. The highest BCUT2D eigenvalue weighted by Gasteiger charge is 2.48. The van der Waals surface area contributed by atoms with Crippen molar-refractivity contribution in [1.82, 2.24) is 15.0 Å². The normalized spacial score (nSPS) is 14.7. The second-order valence-electron chi connectivity index (χ2n) is 16.4. The van der Waals surface area contributed by atoms with Gasteiger partial charge in [-0.05, 0) is 108 Å². The molecular weight excluding hydrogens is 655 g/mol. The summed E-state index contributed by atoms with van der Waals surface area (Å²) in [6.45, 7) is 11.8. The van der Waals surface area contributed by atoms with E-state index >= 15 is 0 Å². The fraction of sp³-hybridized carbons (Fsp3) is 0.137. The number of hydrogen-bond donors (Lipinski definition) is 0. The summed E-state index contributed by atoms with van der Waals surface area (Å²) in [6, 6.07) is 53.6. The molecule has 2 aliphatic rings. The first kappa shape index (κ1) is 31.2. The first-order chi connectivity index (χ1) is 26.2. The maximum absolute atomic E-state index is 5.09. The third-order valence-corrected chi connectivity index (χ3v) is 12.5. The third kappa shape index (κ3) is 4.13. The number of fused-ring (bicyclic) bond motifs is 12. The van der Waals surface area contributed by atoms with E-state index in [9.17, 15) is 0 Å². The number of nitrogens with zero attached hydrogens (tertiary/aromatic N) is 3. The largest absolute Gasteiger partial charge is 0.212 e. The quantitative estimate of drug-likeness (QED) is 0.184. The second-order valence-corrected chi connectivity index (χ2v) is 16.4. The molecule has 1 aromatic heterocycles. The Bertz CT molecular complexity index is 3040. The Morgan fingerprint density at radius 1 is 0.481 bits per heavy atom. The summed E-state index contributed by atoms with van der Waals surface area (Å²) in [7, 11) is 0. The van der Waals surface area contributed by atoms with Crippen LogP contribution < -0.4 is 0 Å². The summed E-state index contributed by atoms with van der Waals surface area (Å²) in [4.78, 5) is 0. The molecule has 0 radical (unpaired) electrons. The van der Waals surface area contributed by atoms with E-state index in [2.05, 4.69) is 185 Å². The van der Waals surface area contributed by atoms with Crippen LogP contribution in [0.5, 0.6) is 0 Å². The predicted molar refractivity (Wildman–Crippen MR) is 225 cm³/mol. The molecule has 0 bridgehead atoms. The van der Waals surface area contributed by atoms with Crippen molar-refractivity contribution >= 4 is 32.6 Å². The van der Waals surface area contributed by atoms with E-state index in [-0.39, 0.29) is 10.8 Å². The van der Waals surface area contributed by atoms with E-state index in [4.69, 9.17) is 10.3 Å².